The molecule has 0 aromatic carbocycles. The van der Waals surface area contributed by atoms with Crippen molar-refractivity contribution >= 4 is 63.1 Å². The van der Waals surface area contributed by atoms with Crippen molar-refractivity contribution in [1.82, 2.24) is 40.9 Å². The summed E-state index contributed by atoms with van der Waals surface area (Å²) < 4.78 is 86.9. The van der Waals surface area contributed by atoms with Crippen molar-refractivity contribution in [2.24, 2.45) is 0 Å². The first-order valence-electron chi connectivity index (χ1n) is 44.2. The van der Waals surface area contributed by atoms with Gasteiger partial charge in [0, 0.05) is 126 Å². The molecule has 45 nitrogen and oxygen atoms in total. The van der Waals surface area contributed by atoms with Crippen LogP contribution in [0, 0.1) is 0 Å². The summed E-state index contributed by atoms with van der Waals surface area (Å²) in [5.41, 5.74) is -0.579. The number of hydrogen-bond donors (Lipinski definition) is 16. The molecule has 16 N–H and O–H groups in total. The average molecular weight is 1880 g/mol. The van der Waals surface area contributed by atoms with Gasteiger partial charge in [0.25, 0.3) is 0 Å². The third kappa shape index (κ3) is 33.5. The van der Waals surface area contributed by atoms with Crippen molar-refractivity contribution in [1.29, 1.82) is 0 Å². The minimum Gasteiger partial charge on any atom is -0.632 e. The molecule has 0 aliphatic carbocycles. The quantitative estimate of drug-likeness (QED) is 0.0200. The Morgan fingerprint density at radius 3 is 0.914 bits per heavy atom. The number of methoxy groups -OCH3 is 2. The summed E-state index contributed by atoms with van der Waals surface area (Å²) in [4.78, 5) is 137. The molecule has 8 saturated heterocycles. The number of nitrogens with zero attached hydrogens (tertiary/aromatic N) is 4. The summed E-state index contributed by atoms with van der Waals surface area (Å²) in [6, 6.07) is -6.02. The fraction of sp³-hybridized carbons (Fsp3) is 0.901. The van der Waals surface area contributed by atoms with Crippen LogP contribution in [0.3, 0.4) is 0 Å². The fourth-order valence-corrected chi connectivity index (χ4v) is 19.5. The van der Waals surface area contributed by atoms with E-state index in [1.165, 1.54) is 45.9 Å². The van der Waals surface area contributed by atoms with Gasteiger partial charge in [0.05, 0.1) is 95.4 Å². The predicted octanol–water partition coefficient (Wildman–Crippen LogP) is -5.54. The molecule has 0 radical (unpaired) electrons. The second kappa shape index (κ2) is 53.1. The highest BCUT2D eigenvalue weighted by atomic mass is 31.2. The first kappa shape index (κ1) is 110. The number of carbonyl (C=O) groups is 8. The normalized spacial score (nSPS) is 34.3. The number of amides is 8. The lowest BCUT2D eigenvalue weighted by Crippen LogP contribution is -2.64. The highest BCUT2D eigenvalue weighted by Crippen LogP contribution is 2.54. The topological polar surface area (TPSA) is 625 Å². The Labute approximate surface area is 748 Å². The van der Waals surface area contributed by atoms with Crippen LogP contribution < -0.4 is 31.1 Å². The Hall–Kier alpha value is -4.54. The van der Waals surface area contributed by atoms with Crippen LogP contribution in [0.5, 0.6) is 0 Å². The molecule has 8 aliphatic heterocycles. The SMILES string of the molecule is CC[C@@H]1C[C@@H](O[P+](C)([O-])OC[C@@H]2C[C@@H](O[P+](C)([O-])OC[C@@H]3C[C@@H](OC(C)(C)C)CN3C(=O)CCCCOC3OC(CO)C(O)C(O)C3NC(C)=O)CN2C(=O)CCCCOC2OC(CO)C(O)C(O)C2NC(C)=O)CN1C(=O)CCCCOC1OC(CO)C(O)C(O)C1NC(C)=O.COC[C@@H]1C[C@@H](OC)CN1C(=O)CCCCOC1OC(CO)C(O)C(O)C1NC(C)=O. The Bertz CT molecular complexity index is 3410. The number of carbonyl (C=O) groups excluding carboxylic acids is 8. The van der Waals surface area contributed by atoms with Crippen molar-refractivity contribution in [2.75, 3.05) is 126 Å². The Balaban J connectivity index is 0.000000606. The van der Waals surface area contributed by atoms with Crippen LogP contribution in [0.1, 0.15) is 165 Å². The number of rotatable bonds is 47. The number of ether oxygens (including phenoxy) is 11. The zero-order valence-corrected chi connectivity index (χ0v) is 77.3. The molecule has 47 heteroatoms. The Kier molecular flexibility index (Phi) is 45.8. The molecule has 0 saturated carbocycles. The van der Waals surface area contributed by atoms with Crippen molar-refractivity contribution in [3.8, 4) is 0 Å². The number of aliphatic hydroxyl groups is 12. The van der Waals surface area contributed by atoms with Gasteiger partial charge in [-0.15, -0.1) is 0 Å². The number of aliphatic hydroxyl groups excluding tert-OH is 12. The van der Waals surface area contributed by atoms with Gasteiger partial charge in [-0.05, 0) is 91.4 Å². The van der Waals surface area contributed by atoms with E-state index in [1.54, 1.807) is 28.9 Å². The van der Waals surface area contributed by atoms with Gasteiger partial charge in [0.2, 0.25) is 63.1 Å². The molecule has 8 rings (SSSR count). The van der Waals surface area contributed by atoms with Crippen LogP contribution in [0.25, 0.3) is 0 Å². The lowest BCUT2D eigenvalue weighted by molar-refractivity contribution is -0.270. The van der Waals surface area contributed by atoms with Crippen LogP contribution in [0.15, 0.2) is 0 Å². The number of hydrogen-bond acceptors (Lipinski definition) is 37. The van der Waals surface area contributed by atoms with E-state index >= 15 is 0 Å². The summed E-state index contributed by atoms with van der Waals surface area (Å²) in [6.07, 6.45) is -17.3. The van der Waals surface area contributed by atoms with E-state index in [2.05, 4.69) is 21.3 Å². The average Bonchev–Trinajstić information content (AvgIpc) is 1.28. The molecule has 30 atom stereocenters. The summed E-state index contributed by atoms with van der Waals surface area (Å²) in [5.74, 6) is -2.73. The van der Waals surface area contributed by atoms with Crippen LogP contribution in [0.4, 0.5) is 0 Å². The van der Waals surface area contributed by atoms with Crippen molar-refractivity contribution in [3.63, 3.8) is 0 Å². The molecular formula is C81H144N8O37P2. The van der Waals surface area contributed by atoms with Crippen LogP contribution in [0.2, 0.25) is 0 Å². The van der Waals surface area contributed by atoms with Gasteiger partial charge in [-0.2, -0.15) is 0 Å². The lowest BCUT2D eigenvalue weighted by atomic mass is 9.97. The van der Waals surface area contributed by atoms with E-state index in [-0.39, 0.29) is 140 Å². The molecule has 8 amide bonds. The molecule has 740 valence electrons. The van der Waals surface area contributed by atoms with Crippen molar-refractivity contribution < 1.29 is 180 Å². The number of likely N-dealkylation sites (tertiary alicyclic amines) is 4. The van der Waals surface area contributed by atoms with Crippen molar-refractivity contribution in [3.05, 3.63) is 0 Å². The zero-order valence-electron chi connectivity index (χ0n) is 75.5. The van der Waals surface area contributed by atoms with E-state index in [4.69, 9.17) is 70.2 Å². The zero-order chi connectivity index (χ0) is 94.7. The highest BCUT2D eigenvalue weighted by Gasteiger charge is 2.52. The molecule has 0 aromatic rings. The number of unbranched alkanes of at least 4 members (excludes halogenated alkanes) is 4. The largest absolute Gasteiger partial charge is 0.632 e. The van der Waals surface area contributed by atoms with Gasteiger partial charge in [-0.3, -0.25) is 38.4 Å². The summed E-state index contributed by atoms with van der Waals surface area (Å²) >= 11 is 0. The lowest BCUT2D eigenvalue weighted by Gasteiger charge is -2.42. The van der Waals surface area contributed by atoms with E-state index in [9.17, 15) is 109 Å². The molecule has 0 spiro atoms. The van der Waals surface area contributed by atoms with Gasteiger partial charge in [-0.25, -0.2) is 18.1 Å². The molecule has 0 bridgehead atoms. The van der Waals surface area contributed by atoms with Gasteiger partial charge in [-0.1, -0.05) is 6.92 Å². The molecule has 8 heterocycles. The van der Waals surface area contributed by atoms with Crippen LogP contribution in [-0.2, 0) is 109 Å². The third-order valence-corrected chi connectivity index (χ3v) is 26.0. The minimum atomic E-state index is -3.99. The van der Waals surface area contributed by atoms with Crippen LogP contribution in [-0.4, -0.2) is 431 Å². The summed E-state index contributed by atoms with van der Waals surface area (Å²) in [7, 11) is -4.68. The predicted molar refractivity (Wildman–Crippen MR) is 446 cm³/mol. The van der Waals surface area contributed by atoms with Gasteiger partial charge in [0.15, 0.2) is 25.2 Å². The Morgan fingerprint density at radius 2 is 0.648 bits per heavy atom. The summed E-state index contributed by atoms with van der Waals surface area (Å²) in [5, 5.41) is 132. The summed E-state index contributed by atoms with van der Waals surface area (Å²) in [6.45, 7) is 13.7. The standard InChI is InChI=1S/C61H108N6O28P2.C20H36N2O9/c1-10-37-23-41(27-65(37)46(74)17-11-14-20-85-58-49(62-34(2)71)55(80)52(77)43(29-68)90-58)94-96(8,83)89-33-39-25-42(28-67(39)48(76)19-13-16-22-87-60-51(64-36(4)73)57(82)54(79)45(31-70)92-60)95-97(9,84)88-32-38-24-40(93-61(5,6)7)26-66(38)47(75)18-12-15-21-86-59-50(63-35(3)72)56(81)53(78)44(30-69)91-59;1-12(24)21-17-19(27)18(26)15(10-23)31-20(17)30-7-5-4-6-16(25)22-9-14(29-3)8-13(22)11-28-2/h37-45,49-60,68-70,77-82H,10-33H2,1-9H3,(H,62,71)(H,63,72)(H,64,73);13-15,17-20,23,26-27H,4-11H2,1-3H3,(H,21,24)/t37-,38+,39+,40-,41-,42-,43?,44?,45?,49?,50?,51?,52?,53?,54?,55?,56?,57?,58?,59?,60?,96?,97?;13-,14+,15?,17?,18?,19?,20?/m10/s1. The Morgan fingerprint density at radius 1 is 0.391 bits per heavy atom. The van der Waals surface area contributed by atoms with Gasteiger partial charge < -0.3 is 164 Å². The molecular weight excluding hydrogens is 1740 g/mol. The van der Waals surface area contributed by atoms with E-state index in [0.717, 1.165) is 6.42 Å². The molecule has 0 aromatic heterocycles. The van der Waals surface area contributed by atoms with Crippen molar-refractivity contribution in [2.45, 2.75) is 341 Å². The molecule has 22 unspecified atom stereocenters. The third-order valence-electron chi connectivity index (χ3n) is 23.4. The number of nitrogens with one attached hydrogen (secondary N) is 4. The van der Waals surface area contributed by atoms with E-state index in [0.29, 0.717) is 77.4 Å². The van der Waals surface area contributed by atoms with Gasteiger partial charge >= 0.3 is 0 Å². The molecule has 128 heavy (non-hydrogen) atoms. The van der Waals surface area contributed by atoms with Crippen LogP contribution >= 0.6 is 15.9 Å². The highest BCUT2D eigenvalue weighted by molar-refractivity contribution is 7.58. The maximum Gasteiger partial charge on any atom is 0.235 e. The van der Waals surface area contributed by atoms with Gasteiger partial charge in [0.1, 0.15) is 123 Å². The second-order valence-electron chi connectivity index (χ2n) is 34.9. The monoisotopic (exact) mass is 1880 g/mol. The van der Waals surface area contributed by atoms with E-state index in [1.807, 2.05) is 27.7 Å². The second-order valence-corrected chi connectivity index (χ2v) is 39.0. The first-order valence-corrected chi connectivity index (χ1v) is 48.2. The maximum atomic E-state index is 14.4. The minimum absolute atomic E-state index is 0.0103. The smallest absolute Gasteiger partial charge is 0.235 e. The fourth-order valence-electron chi connectivity index (χ4n) is 17.1. The first-order chi connectivity index (χ1) is 60.5. The molecule has 8 aliphatic rings. The van der Waals surface area contributed by atoms with E-state index < -0.39 is 225 Å². The maximum absolute atomic E-state index is 14.4. The molecule has 8 fully saturated rings.